The Balaban J connectivity index is 1.67. The van der Waals surface area contributed by atoms with Crippen molar-refractivity contribution in [2.24, 2.45) is 0 Å². The Morgan fingerprint density at radius 1 is 1.33 bits per heavy atom. The number of thiazole rings is 1. The Morgan fingerprint density at radius 2 is 2.13 bits per heavy atom. The molecule has 0 aliphatic heterocycles. The molecule has 0 atom stereocenters. The van der Waals surface area contributed by atoms with Crippen molar-refractivity contribution in [3.05, 3.63) is 58.3 Å². The number of hydrogen-bond donors (Lipinski definition) is 1. The number of benzene rings is 1. The summed E-state index contributed by atoms with van der Waals surface area (Å²) in [4.78, 5) is 45.3. The third kappa shape index (κ3) is 5.33. The second-order valence-corrected chi connectivity index (χ2v) is 7.88. The van der Waals surface area contributed by atoms with Gasteiger partial charge in [-0.3, -0.25) is 19.0 Å². The lowest BCUT2D eigenvalue weighted by Gasteiger charge is -2.11. The van der Waals surface area contributed by atoms with Crippen molar-refractivity contribution in [1.29, 1.82) is 0 Å². The van der Waals surface area contributed by atoms with Crippen molar-refractivity contribution in [2.45, 2.75) is 25.0 Å². The number of esters is 1. The molecule has 0 radical (unpaired) electrons. The van der Waals surface area contributed by atoms with Gasteiger partial charge in [0.15, 0.2) is 10.3 Å². The maximum absolute atomic E-state index is 12.7. The van der Waals surface area contributed by atoms with Gasteiger partial charge in [0.1, 0.15) is 0 Å². The predicted molar refractivity (Wildman–Crippen MR) is 118 cm³/mol. The summed E-state index contributed by atoms with van der Waals surface area (Å²) in [5, 5.41) is 5.76. The lowest BCUT2D eigenvalue weighted by molar-refractivity contribution is -0.142. The number of para-hydroxylation sites is 1. The van der Waals surface area contributed by atoms with Gasteiger partial charge in [0.05, 0.1) is 35.4 Å². The molecule has 10 heteroatoms. The van der Waals surface area contributed by atoms with Gasteiger partial charge in [-0.1, -0.05) is 30.0 Å². The number of rotatable bonds is 9. The first kappa shape index (κ1) is 21.7. The molecule has 0 saturated carbocycles. The molecule has 156 valence electrons. The lowest BCUT2D eigenvalue weighted by Crippen LogP contribution is -2.23. The van der Waals surface area contributed by atoms with Crippen molar-refractivity contribution in [2.75, 3.05) is 17.7 Å². The van der Waals surface area contributed by atoms with Crippen LogP contribution in [0.15, 0.2) is 52.3 Å². The van der Waals surface area contributed by atoms with E-state index in [1.165, 1.54) is 15.9 Å². The van der Waals surface area contributed by atoms with E-state index in [0.717, 1.165) is 11.8 Å². The van der Waals surface area contributed by atoms with Crippen LogP contribution in [0, 0.1) is 0 Å². The maximum atomic E-state index is 12.7. The molecule has 1 N–H and O–H groups in total. The highest BCUT2D eigenvalue weighted by atomic mass is 32.2. The number of hydrogen-bond acceptors (Lipinski definition) is 8. The highest BCUT2D eigenvalue weighted by molar-refractivity contribution is 7.99. The zero-order valence-corrected chi connectivity index (χ0v) is 17.9. The highest BCUT2D eigenvalue weighted by Gasteiger charge is 2.14. The fourth-order valence-electron chi connectivity index (χ4n) is 2.64. The number of allylic oxidation sites excluding steroid dienone is 1. The van der Waals surface area contributed by atoms with Gasteiger partial charge < -0.3 is 10.1 Å². The quantitative estimate of drug-likeness (QED) is 0.234. The molecule has 0 aliphatic rings. The fourth-order valence-corrected chi connectivity index (χ4v) is 4.17. The van der Waals surface area contributed by atoms with E-state index < -0.39 is 0 Å². The molecular formula is C20H20N4O4S2. The monoisotopic (exact) mass is 444 g/mol. The fraction of sp³-hybridized carbons (Fsp3) is 0.250. The summed E-state index contributed by atoms with van der Waals surface area (Å²) in [6.45, 7) is 6.03. The summed E-state index contributed by atoms with van der Waals surface area (Å²) in [5.74, 6) is -0.599. The van der Waals surface area contributed by atoms with Crippen molar-refractivity contribution < 1.29 is 14.3 Å². The van der Waals surface area contributed by atoms with E-state index in [4.69, 9.17) is 4.74 Å². The second kappa shape index (κ2) is 10.2. The predicted octanol–water partition coefficient (Wildman–Crippen LogP) is 2.88. The molecule has 0 bridgehead atoms. The van der Waals surface area contributed by atoms with Gasteiger partial charge in [0.25, 0.3) is 5.56 Å². The van der Waals surface area contributed by atoms with E-state index in [0.29, 0.717) is 40.0 Å². The number of ether oxygens (including phenoxy) is 1. The van der Waals surface area contributed by atoms with Crippen molar-refractivity contribution in [1.82, 2.24) is 14.5 Å². The molecule has 2 heterocycles. The molecule has 1 amide bonds. The summed E-state index contributed by atoms with van der Waals surface area (Å²) in [5.41, 5.74) is 0.943. The van der Waals surface area contributed by atoms with Crippen molar-refractivity contribution in [3.63, 3.8) is 0 Å². The minimum Gasteiger partial charge on any atom is -0.466 e. The molecule has 0 saturated heterocycles. The number of fused-ring (bicyclic) bond motifs is 1. The molecule has 0 aliphatic carbocycles. The lowest BCUT2D eigenvalue weighted by atomic mass is 10.2. The molecule has 2 aromatic heterocycles. The minimum atomic E-state index is -0.362. The largest absolute Gasteiger partial charge is 0.466 e. The number of anilines is 1. The Morgan fingerprint density at radius 3 is 2.90 bits per heavy atom. The number of carbonyl (C=O) groups excluding carboxylic acids is 2. The molecule has 3 aromatic rings. The van der Waals surface area contributed by atoms with Crippen molar-refractivity contribution >= 4 is 51.0 Å². The van der Waals surface area contributed by atoms with Crippen LogP contribution in [0.5, 0.6) is 0 Å². The first-order valence-electron chi connectivity index (χ1n) is 9.15. The molecule has 8 nitrogen and oxygen atoms in total. The number of thioether (sulfide) groups is 1. The van der Waals surface area contributed by atoms with E-state index in [2.05, 4.69) is 21.9 Å². The van der Waals surface area contributed by atoms with E-state index in [-0.39, 0.29) is 29.6 Å². The molecule has 0 spiro atoms. The third-order valence-corrected chi connectivity index (χ3v) is 5.68. The topological polar surface area (TPSA) is 103 Å². The summed E-state index contributed by atoms with van der Waals surface area (Å²) >= 11 is 2.39. The van der Waals surface area contributed by atoms with Crippen LogP contribution in [-0.4, -0.2) is 38.8 Å². The zero-order valence-electron chi connectivity index (χ0n) is 16.3. The van der Waals surface area contributed by atoms with E-state index in [1.807, 2.05) is 6.07 Å². The first-order valence-corrected chi connectivity index (χ1v) is 11.0. The van der Waals surface area contributed by atoms with Gasteiger partial charge in [0, 0.05) is 11.9 Å². The summed E-state index contributed by atoms with van der Waals surface area (Å²) in [7, 11) is 0. The standard InChI is InChI=1S/C20H20N4O4S2/c1-3-9-24-18(27)14-7-5-6-8-15(14)22-20(24)30-12-16(25)23-19-21-13(11-29-19)10-17(26)28-4-2/h3,5-8,11H,1,4,9-10,12H2,2H3,(H,21,23,25). The summed E-state index contributed by atoms with van der Waals surface area (Å²) in [6.07, 6.45) is 1.67. The maximum Gasteiger partial charge on any atom is 0.311 e. The minimum absolute atomic E-state index is 0.0503. The Hall–Kier alpha value is -2.98. The number of nitrogens with one attached hydrogen (secondary N) is 1. The van der Waals surface area contributed by atoms with Crippen LogP contribution in [0.25, 0.3) is 10.9 Å². The average Bonchev–Trinajstić information content (AvgIpc) is 3.15. The van der Waals surface area contributed by atoms with Crippen LogP contribution in [0.2, 0.25) is 0 Å². The number of carbonyl (C=O) groups is 2. The third-order valence-electron chi connectivity index (χ3n) is 3.90. The van der Waals surface area contributed by atoms with Gasteiger partial charge in [0.2, 0.25) is 5.91 Å². The highest BCUT2D eigenvalue weighted by Crippen LogP contribution is 2.20. The second-order valence-electron chi connectivity index (χ2n) is 6.08. The molecule has 3 rings (SSSR count). The molecule has 30 heavy (non-hydrogen) atoms. The van der Waals surface area contributed by atoms with Crippen LogP contribution in [0.4, 0.5) is 5.13 Å². The van der Waals surface area contributed by atoms with Crippen LogP contribution in [0.1, 0.15) is 12.6 Å². The molecule has 1 aromatic carbocycles. The number of aromatic nitrogens is 3. The SMILES string of the molecule is C=CCn1c(SCC(=O)Nc2nc(CC(=O)OCC)cs2)nc2ccccc2c1=O. The van der Waals surface area contributed by atoms with Gasteiger partial charge in [-0.15, -0.1) is 17.9 Å². The summed E-state index contributed by atoms with van der Waals surface area (Å²) < 4.78 is 6.38. The number of amides is 1. The van der Waals surface area contributed by atoms with Gasteiger partial charge in [-0.2, -0.15) is 0 Å². The van der Waals surface area contributed by atoms with Crippen LogP contribution in [-0.2, 0) is 27.3 Å². The van der Waals surface area contributed by atoms with Crippen LogP contribution in [0.3, 0.4) is 0 Å². The molecule has 0 unspecified atom stereocenters. The van der Waals surface area contributed by atoms with E-state index in [9.17, 15) is 14.4 Å². The van der Waals surface area contributed by atoms with Gasteiger partial charge >= 0.3 is 5.97 Å². The van der Waals surface area contributed by atoms with E-state index >= 15 is 0 Å². The smallest absolute Gasteiger partial charge is 0.311 e. The normalized spacial score (nSPS) is 10.7. The van der Waals surface area contributed by atoms with Crippen LogP contribution < -0.4 is 10.9 Å². The first-order chi connectivity index (χ1) is 14.5. The van der Waals surface area contributed by atoms with Crippen LogP contribution >= 0.6 is 23.1 Å². The van der Waals surface area contributed by atoms with Gasteiger partial charge in [-0.25, -0.2) is 9.97 Å². The van der Waals surface area contributed by atoms with E-state index in [1.54, 1.807) is 36.6 Å². The summed E-state index contributed by atoms with van der Waals surface area (Å²) in [6, 6.07) is 7.08. The molecule has 0 fully saturated rings. The zero-order chi connectivity index (χ0) is 21.5. The average molecular weight is 445 g/mol. The Bertz CT molecular complexity index is 1140. The Kier molecular flexibility index (Phi) is 7.36. The van der Waals surface area contributed by atoms with Gasteiger partial charge in [-0.05, 0) is 19.1 Å². The molecular weight excluding hydrogens is 424 g/mol. The number of nitrogens with zero attached hydrogens (tertiary/aromatic N) is 3. The Labute approximate surface area is 181 Å². The van der Waals surface area contributed by atoms with Crippen molar-refractivity contribution in [3.8, 4) is 0 Å².